The van der Waals surface area contributed by atoms with Crippen LogP contribution in [-0.4, -0.2) is 66.8 Å². The predicted octanol–water partition coefficient (Wildman–Crippen LogP) is 3.54. The van der Waals surface area contributed by atoms with E-state index in [1.54, 1.807) is 24.3 Å². The van der Waals surface area contributed by atoms with Crippen molar-refractivity contribution in [3.8, 4) is 17.1 Å². The number of aromatic nitrogens is 2. The van der Waals surface area contributed by atoms with Crippen LogP contribution in [0.15, 0.2) is 66.7 Å². The number of carbonyl (C=O) groups is 1. The van der Waals surface area contributed by atoms with Gasteiger partial charge in [-0.25, -0.2) is 22.7 Å². The number of hydrogen-bond donors (Lipinski definition) is 4. The van der Waals surface area contributed by atoms with E-state index in [0.29, 0.717) is 60.1 Å². The maximum absolute atomic E-state index is 12.5. The summed E-state index contributed by atoms with van der Waals surface area (Å²) in [7, 11) is -3.22. The number of fused-ring (bicyclic) bond motifs is 1. The van der Waals surface area contributed by atoms with Gasteiger partial charge < -0.3 is 26.5 Å². The minimum Gasteiger partial charge on any atom is -0.484 e. The molecule has 1 aliphatic heterocycles. The number of nitrogen functional groups attached to an aromatic ring is 1. The number of ether oxygens (including phenoxy) is 1. The number of anilines is 3. The summed E-state index contributed by atoms with van der Waals surface area (Å²) in [5.41, 5.74) is 9.25. The van der Waals surface area contributed by atoms with E-state index in [0.717, 1.165) is 16.6 Å². The molecule has 4 aromatic rings. The molecular weight excluding hydrogens is 542 g/mol. The maximum atomic E-state index is 12.5. The smallest absolute Gasteiger partial charge is 0.258 e. The summed E-state index contributed by atoms with van der Waals surface area (Å²) in [6.45, 7) is 0.600. The van der Waals surface area contributed by atoms with Gasteiger partial charge in [0.25, 0.3) is 5.91 Å². The summed E-state index contributed by atoms with van der Waals surface area (Å²) < 4.78 is 30.6. The summed E-state index contributed by atoms with van der Waals surface area (Å²) >= 11 is 0. The fourth-order valence-electron chi connectivity index (χ4n) is 4.69. The second kappa shape index (κ2) is 11.9. The normalized spacial score (nSPS) is 14.5. The standard InChI is InChI=1S/C29H31N7O4S/c1-41(38,39)36-13-11-21(12-14-36)32-27(37)18-40-23-6-4-5-19(16-23)28-34-26-8-3-2-7-24(26)29(35-28)33-22-9-10-25(31)20(15-22)17-30/h2-10,15-17,21,30H,11-14,18,31H2,1H3,(H,32,37)(H,33,34,35). The van der Waals surface area contributed by atoms with Gasteiger partial charge in [-0.3, -0.25) is 4.79 Å². The van der Waals surface area contributed by atoms with Crippen molar-refractivity contribution in [2.24, 2.45) is 0 Å². The molecule has 1 aliphatic rings. The Morgan fingerprint density at radius 2 is 1.88 bits per heavy atom. The summed E-state index contributed by atoms with van der Waals surface area (Å²) in [4.78, 5) is 22.1. The van der Waals surface area contributed by atoms with Crippen molar-refractivity contribution in [1.29, 1.82) is 5.41 Å². The molecule has 0 saturated carbocycles. The monoisotopic (exact) mass is 573 g/mol. The Hall–Kier alpha value is -4.55. The van der Waals surface area contributed by atoms with Crippen LogP contribution in [0.4, 0.5) is 17.2 Å². The van der Waals surface area contributed by atoms with E-state index in [4.69, 9.17) is 25.8 Å². The highest BCUT2D eigenvalue weighted by atomic mass is 32.2. The van der Waals surface area contributed by atoms with Crippen molar-refractivity contribution in [3.05, 3.63) is 72.3 Å². The van der Waals surface area contributed by atoms with Crippen LogP contribution < -0.4 is 21.1 Å². The van der Waals surface area contributed by atoms with E-state index in [-0.39, 0.29) is 18.6 Å². The van der Waals surface area contributed by atoms with Gasteiger partial charge in [-0.15, -0.1) is 0 Å². The lowest BCUT2D eigenvalue weighted by Crippen LogP contribution is -2.47. The van der Waals surface area contributed by atoms with E-state index < -0.39 is 10.0 Å². The number of hydrogen-bond acceptors (Lipinski definition) is 9. The molecule has 41 heavy (non-hydrogen) atoms. The number of amides is 1. The topological polar surface area (TPSA) is 163 Å². The zero-order chi connectivity index (χ0) is 29.0. The third-order valence-corrected chi connectivity index (χ3v) is 8.16. The highest BCUT2D eigenvalue weighted by Crippen LogP contribution is 2.29. The first-order valence-corrected chi connectivity index (χ1v) is 15.0. The van der Waals surface area contributed by atoms with Gasteiger partial charge in [0, 0.05) is 53.2 Å². The van der Waals surface area contributed by atoms with Crippen LogP contribution in [0.25, 0.3) is 22.3 Å². The molecule has 1 amide bonds. The molecule has 5 rings (SSSR count). The molecule has 0 bridgehead atoms. The minimum atomic E-state index is -3.22. The van der Waals surface area contributed by atoms with E-state index >= 15 is 0 Å². The first kappa shape index (κ1) is 28.0. The van der Waals surface area contributed by atoms with Crippen LogP contribution in [0.3, 0.4) is 0 Å². The maximum Gasteiger partial charge on any atom is 0.258 e. The molecule has 0 unspecified atom stereocenters. The Labute approximate surface area is 238 Å². The number of nitrogens with one attached hydrogen (secondary N) is 3. The van der Waals surface area contributed by atoms with Crippen molar-refractivity contribution in [3.63, 3.8) is 0 Å². The summed E-state index contributed by atoms with van der Waals surface area (Å²) in [6.07, 6.45) is 3.52. The second-order valence-electron chi connectivity index (χ2n) is 9.85. The highest BCUT2D eigenvalue weighted by molar-refractivity contribution is 7.88. The van der Waals surface area contributed by atoms with Crippen LogP contribution in [0, 0.1) is 5.41 Å². The molecule has 0 spiro atoms. The van der Waals surface area contributed by atoms with Gasteiger partial charge in [0.1, 0.15) is 11.6 Å². The summed E-state index contributed by atoms with van der Waals surface area (Å²) in [5, 5.41) is 14.7. The molecule has 12 heteroatoms. The third-order valence-electron chi connectivity index (χ3n) is 6.86. The number of rotatable bonds is 9. The van der Waals surface area contributed by atoms with Crippen LogP contribution in [0.2, 0.25) is 0 Å². The fraction of sp³-hybridized carbons (Fsp3) is 0.241. The van der Waals surface area contributed by atoms with E-state index in [1.807, 2.05) is 42.5 Å². The molecule has 1 fully saturated rings. The number of nitrogens with two attached hydrogens (primary N) is 1. The quantitative estimate of drug-likeness (QED) is 0.174. The number of piperidine rings is 1. The van der Waals surface area contributed by atoms with Gasteiger partial charge in [-0.05, 0) is 55.3 Å². The lowest BCUT2D eigenvalue weighted by Gasteiger charge is -2.30. The highest BCUT2D eigenvalue weighted by Gasteiger charge is 2.25. The summed E-state index contributed by atoms with van der Waals surface area (Å²) in [6, 6.07) is 20.1. The first-order valence-electron chi connectivity index (χ1n) is 13.1. The second-order valence-corrected chi connectivity index (χ2v) is 11.8. The number of benzene rings is 3. The van der Waals surface area contributed by atoms with Crippen molar-refractivity contribution < 1.29 is 17.9 Å². The Kier molecular flexibility index (Phi) is 8.13. The Balaban J connectivity index is 1.29. The lowest BCUT2D eigenvalue weighted by molar-refractivity contribution is -0.124. The predicted molar refractivity (Wildman–Crippen MR) is 160 cm³/mol. The number of nitrogens with zero attached hydrogens (tertiary/aromatic N) is 3. The van der Waals surface area contributed by atoms with Gasteiger partial charge in [0.15, 0.2) is 12.4 Å². The largest absolute Gasteiger partial charge is 0.484 e. The van der Waals surface area contributed by atoms with E-state index in [2.05, 4.69) is 10.6 Å². The van der Waals surface area contributed by atoms with Gasteiger partial charge in [-0.2, -0.15) is 0 Å². The Morgan fingerprint density at radius 3 is 2.63 bits per heavy atom. The molecule has 5 N–H and O–H groups in total. The van der Waals surface area contributed by atoms with Crippen molar-refractivity contribution >= 4 is 50.2 Å². The average molecular weight is 574 g/mol. The van der Waals surface area contributed by atoms with Gasteiger partial charge in [0.05, 0.1) is 11.8 Å². The van der Waals surface area contributed by atoms with Crippen molar-refractivity contribution in [1.82, 2.24) is 19.6 Å². The van der Waals surface area contributed by atoms with Crippen LogP contribution in [0.1, 0.15) is 18.4 Å². The Morgan fingerprint density at radius 1 is 1.10 bits per heavy atom. The molecule has 3 aromatic carbocycles. The SMILES string of the molecule is CS(=O)(=O)N1CCC(NC(=O)COc2cccc(-c3nc(Nc4ccc(N)c(C=N)c4)c4ccccc4n3)c2)CC1. The number of para-hydroxylation sites is 1. The molecule has 1 saturated heterocycles. The third kappa shape index (κ3) is 6.79. The minimum absolute atomic E-state index is 0.0940. The molecule has 0 atom stereocenters. The molecule has 212 valence electrons. The number of carbonyl (C=O) groups excluding carboxylic acids is 1. The van der Waals surface area contributed by atoms with E-state index in [1.165, 1.54) is 16.8 Å². The molecular formula is C29H31N7O4S. The van der Waals surface area contributed by atoms with E-state index in [9.17, 15) is 13.2 Å². The zero-order valence-corrected chi connectivity index (χ0v) is 23.3. The molecule has 0 radical (unpaired) electrons. The first-order chi connectivity index (χ1) is 19.7. The van der Waals surface area contributed by atoms with Gasteiger partial charge in [-0.1, -0.05) is 24.3 Å². The van der Waals surface area contributed by atoms with Crippen molar-refractivity contribution in [2.75, 3.05) is 37.0 Å². The zero-order valence-electron chi connectivity index (χ0n) is 22.5. The molecule has 11 nitrogen and oxygen atoms in total. The molecule has 2 heterocycles. The Bertz CT molecular complexity index is 1700. The van der Waals surface area contributed by atoms with Gasteiger partial charge in [0.2, 0.25) is 10.0 Å². The van der Waals surface area contributed by atoms with Crippen LogP contribution >= 0.6 is 0 Å². The molecule has 0 aliphatic carbocycles. The van der Waals surface area contributed by atoms with Crippen LogP contribution in [-0.2, 0) is 14.8 Å². The lowest BCUT2D eigenvalue weighted by atomic mass is 10.1. The molecule has 1 aromatic heterocycles. The van der Waals surface area contributed by atoms with Crippen LogP contribution in [0.5, 0.6) is 5.75 Å². The summed E-state index contributed by atoms with van der Waals surface area (Å²) in [5.74, 6) is 1.29. The number of sulfonamides is 1. The fourth-order valence-corrected chi connectivity index (χ4v) is 5.56. The average Bonchev–Trinajstić information content (AvgIpc) is 2.97. The van der Waals surface area contributed by atoms with Gasteiger partial charge >= 0.3 is 0 Å². The van der Waals surface area contributed by atoms with Crippen molar-refractivity contribution in [2.45, 2.75) is 18.9 Å².